The van der Waals surface area contributed by atoms with Gasteiger partial charge in [0, 0.05) is 11.6 Å². The Bertz CT molecular complexity index is 425. The maximum atomic E-state index is 12.0. The molecule has 0 aliphatic heterocycles. The van der Waals surface area contributed by atoms with E-state index in [1.165, 1.54) is 6.07 Å². The molecule has 0 saturated heterocycles. The topological polar surface area (TPSA) is 75.3 Å². The van der Waals surface area contributed by atoms with Crippen LogP contribution >= 0.6 is 0 Å². The second-order valence-electron chi connectivity index (χ2n) is 4.99. The summed E-state index contributed by atoms with van der Waals surface area (Å²) >= 11 is 0. The molecular formula is C13H20N2O2. The highest BCUT2D eigenvalue weighted by molar-refractivity contribution is 5.97. The van der Waals surface area contributed by atoms with Gasteiger partial charge in [-0.15, -0.1) is 0 Å². The third kappa shape index (κ3) is 3.20. The van der Waals surface area contributed by atoms with Gasteiger partial charge in [0.2, 0.25) is 0 Å². The third-order valence-electron chi connectivity index (χ3n) is 2.97. The van der Waals surface area contributed by atoms with Gasteiger partial charge in [-0.3, -0.25) is 4.79 Å². The first-order chi connectivity index (χ1) is 7.74. The van der Waals surface area contributed by atoms with E-state index in [0.29, 0.717) is 0 Å². The zero-order valence-corrected chi connectivity index (χ0v) is 10.7. The van der Waals surface area contributed by atoms with Gasteiger partial charge in [0.25, 0.3) is 5.91 Å². The number of hydrogen-bond acceptors (Lipinski definition) is 3. The molecule has 0 fully saturated rings. The Labute approximate surface area is 102 Å². The van der Waals surface area contributed by atoms with Crippen molar-refractivity contribution in [2.75, 3.05) is 0 Å². The summed E-state index contributed by atoms with van der Waals surface area (Å²) in [6.07, 6.45) is 0. The van der Waals surface area contributed by atoms with Crippen LogP contribution in [0.3, 0.4) is 0 Å². The van der Waals surface area contributed by atoms with Crippen LogP contribution in [0, 0.1) is 6.92 Å². The van der Waals surface area contributed by atoms with Crippen molar-refractivity contribution in [2.24, 2.45) is 5.73 Å². The van der Waals surface area contributed by atoms with Crippen LogP contribution in [0.1, 0.15) is 36.7 Å². The summed E-state index contributed by atoms with van der Waals surface area (Å²) in [5.41, 5.74) is 6.47. The van der Waals surface area contributed by atoms with Crippen LogP contribution in [-0.4, -0.2) is 22.6 Å². The smallest absolute Gasteiger partial charge is 0.255 e. The van der Waals surface area contributed by atoms with E-state index in [4.69, 9.17) is 5.73 Å². The molecule has 0 aliphatic carbocycles. The first kappa shape index (κ1) is 13.5. The zero-order chi connectivity index (χ0) is 13.2. The van der Waals surface area contributed by atoms with E-state index in [9.17, 15) is 9.90 Å². The standard InChI is InChI=1S/C13H20N2O2/c1-8-5-6-11(16)10(7-8)12(17)15-13(3,4)9(2)14/h5-7,9,16H,14H2,1-4H3,(H,15,17). The van der Waals surface area contributed by atoms with Crippen molar-refractivity contribution in [1.82, 2.24) is 5.32 Å². The summed E-state index contributed by atoms with van der Waals surface area (Å²) in [7, 11) is 0. The number of aryl methyl sites for hydroxylation is 1. The number of aromatic hydroxyl groups is 1. The predicted octanol–water partition coefficient (Wildman–Crippen LogP) is 1.56. The van der Waals surface area contributed by atoms with E-state index in [-0.39, 0.29) is 23.3 Å². The molecule has 0 aromatic heterocycles. The van der Waals surface area contributed by atoms with Crippen molar-refractivity contribution in [3.8, 4) is 5.75 Å². The number of phenols is 1. The Kier molecular flexibility index (Phi) is 3.78. The van der Waals surface area contributed by atoms with Crippen LogP contribution in [0.4, 0.5) is 0 Å². The van der Waals surface area contributed by atoms with Gasteiger partial charge in [-0.1, -0.05) is 11.6 Å². The fraction of sp³-hybridized carbons (Fsp3) is 0.462. The molecule has 4 nitrogen and oxygen atoms in total. The van der Waals surface area contributed by atoms with Crippen LogP contribution < -0.4 is 11.1 Å². The molecule has 17 heavy (non-hydrogen) atoms. The Morgan fingerprint density at radius 3 is 2.59 bits per heavy atom. The van der Waals surface area contributed by atoms with Crippen molar-refractivity contribution < 1.29 is 9.90 Å². The summed E-state index contributed by atoms with van der Waals surface area (Å²) in [6, 6.07) is 4.74. The number of benzene rings is 1. The first-order valence-electron chi connectivity index (χ1n) is 5.62. The molecule has 1 rings (SSSR count). The summed E-state index contributed by atoms with van der Waals surface area (Å²) in [5, 5.41) is 12.5. The third-order valence-corrected chi connectivity index (χ3v) is 2.97. The highest BCUT2D eigenvalue weighted by atomic mass is 16.3. The first-order valence-corrected chi connectivity index (χ1v) is 5.62. The molecule has 1 aromatic carbocycles. The minimum atomic E-state index is -0.521. The Balaban J connectivity index is 2.94. The quantitative estimate of drug-likeness (QED) is 0.745. The number of hydrogen-bond donors (Lipinski definition) is 3. The lowest BCUT2D eigenvalue weighted by molar-refractivity contribution is 0.0900. The van der Waals surface area contributed by atoms with E-state index < -0.39 is 5.54 Å². The van der Waals surface area contributed by atoms with Gasteiger partial charge >= 0.3 is 0 Å². The van der Waals surface area contributed by atoms with Crippen LogP contribution in [0.25, 0.3) is 0 Å². The maximum absolute atomic E-state index is 12.0. The number of nitrogens with one attached hydrogen (secondary N) is 1. The molecule has 4 heteroatoms. The van der Waals surface area contributed by atoms with Crippen LogP contribution in [-0.2, 0) is 0 Å². The number of amides is 1. The van der Waals surface area contributed by atoms with E-state index in [1.807, 2.05) is 27.7 Å². The van der Waals surface area contributed by atoms with Crippen molar-refractivity contribution in [3.05, 3.63) is 29.3 Å². The molecule has 1 amide bonds. The summed E-state index contributed by atoms with van der Waals surface area (Å²) in [5.74, 6) is -0.331. The lowest BCUT2D eigenvalue weighted by Gasteiger charge is -2.30. The maximum Gasteiger partial charge on any atom is 0.255 e. The van der Waals surface area contributed by atoms with E-state index in [1.54, 1.807) is 12.1 Å². The average Bonchev–Trinajstić information content (AvgIpc) is 2.20. The number of carbonyl (C=O) groups is 1. The normalized spacial score (nSPS) is 13.2. The van der Waals surface area contributed by atoms with E-state index in [2.05, 4.69) is 5.32 Å². The van der Waals surface area contributed by atoms with Crippen molar-refractivity contribution >= 4 is 5.91 Å². The molecule has 0 bridgehead atoms. The summed E-state index contributed by atoms with van der Waals surface area (Å²) in [6.45, 7) is 7.40. The van der Waals surface area contributed by atoms with Gasteiger partial charge in [-0.2, -0.15) is 0 Å². The fourth-order valence-corrected chi connectivity index (χ4v) is 1.31. The highest BCUT2D eigenvalue weighted by Crippen LogP contribution is 2.19. The average molecular weight is 236 g/mol. The van der Waals surface area contributed by atoms with Gasteiger partial charge in [0.15, 0.2) is 0 Å². The molecule has 0 heterocycles. The van der Waals surface area contributed by atoms with Crippen LogP contribution in [0.15, 0.2) is 18.2 Å². The van der Waals surface area contributed by atoms with Gasteiger partial charge in [-0.25, -0.2) is 0 Å². The molecule has 1 atom stereocenters. The predicted molar refractivity (Wildman–Crippen MR) is 68.0 cm³/mol. The number of rotatable bonds is 3. The lowest BCUT2D eigenvalue weighted by Crippen LogP contribution is -2.54. The second kappa shape index (κ2) is 4.75. The number of nitrogens with two attached hydrogens (primary N) is 1. The SMILES string of the molecule is Cc1ccc(O)c(C(=O)NC(C)(C)C(C)N)c1. The minimum Gasteiger partial charge on any atom is -0.507 e. The fourth-order valence-electron chi connectivity index (χ4n) is 1.31. The Morgan fingerprint density at radius 2 is 2.06 bits per heavy atom. The molecule has 94 valence electrons. The molecule has 0 aliphatic rings. The molecule has 1 aromatic rings. The highest BCUT2D eigenvalue weighted by Gasteiger charge is 2.26. The summed E-state index contributed by atoms with van der Waals surface area (Å²) < 4.78 is 0. The van der Waals surface area contributed by atoms with Crippen molar-refractivity contribution in [1.29, 1.82) is 0 Å². The zero-order valence-electron chi connectivity index (χ0n) is 10.7. The largest absolute Gasteiger partial charge is 0.507 e. The molecular weight excluding hydrogens is 216 g/mol. The molecule has 4 N–H and O–H groups in total. The molecule has 0 spiro atoms. The van der Waals surface area contributed by atoms with Crippen LogP contribution in [0.5, 0.6) is 5.75 Å². The van der Waals surface area contributed by atoms with E-state index in [0.717, 1.165) is 5.56 Å². The van der Waals surface area contributed by atoms with Gasteiger partial charge < -0.3 is 16.2 Å². The van der Waals surface area contributed by atoms with Gasteiger partial charge in [0.05, 0.1) is 5.56 Å². The molecule has 1 unspecified atom stereocenters. The van der Waals surface area contributed by atoms with E-state index >= 15 is 0 Å². The second-order valence-corrected chi connectivity index (χ2v) is 4.99. The van der Waals surface area contributed by atoms with Gasteiger partial charge in [0.1, 0.15) is 5.75 Å². The molecule has 0 saturated carbocycles. The number of phenolic OH excluding ortho intramolecular Hbond substituents is 1. The molecule has 0 radical (unpaired) electrons. The Hall–Kier alpha value is -1.55. The lowest BCUT2D eigenvalue weighted by atomic mass is 9.96. The number of carbonyl (C=O) groups excluding carboxylic acids is 1. The van der Waals surface area contributed by atoms with Crippen LogP contribution in [0.2, 0.25) is 0 Å². The van der Waals surface area contributed by atoms with Gasteiger partial charge in [-0.05, 0) is 39.8 Å². The van der Waals surface area contributed by atoms with Crippen molar-refractivity contribution in [3.63, 3.8) is 0 Å². The minimum absolute atomic E-state index is 0.0198. The van der Waals surface area contributed by atoms with Crippen molar-refractivity contribution in [2.45, 2.75) is 39.3 Å². The Morgan fingerprint density at radius 1 is 1.47 bits per heavy atom. The monoisotopic (exact) mass is 236 g/mol. The summed E-state index contributed by atoms with van der Waals surface area (Å²) in [4.78, 5) is 12.0.